The summed E-state index contributed by atoms with van der Waals surface area (Å²) in [6.45, 7) is 6.26. The summed E-state index contributed by atoms with van der Waals surface area (Å²) in [5, 5.41) is 0. The fourth-order valence-electron chi connectivity index (χ4n) is 2.99. The molecule has 0 aliphatic carbocycles. The standard InChI is InChI=1S/2C13H18ClN/c2*1-12(15(2)10-6-9-14)11-13-7-4-3-5-8-13/h2*3-9,12H,10-11H2,1-2H3/b2*9-6+/t2*12-/m10/s1. The molecule has 0 saturated heterocycles. The molecule has 2 nitrogen and oxygen atoms in total. The van der Waals surface area contributed by atoms with Gasteiger partial charge < -0.3 is 0 Å². The summed E-state index contributed by atoms with van der Waals surface area (Å²) < 4.78 is 0. The summed E-state index contributed by atoms with van der Waals surface area (Å²) in [6.07, 6.45) is 6.08. The Morgan fingerprint density at radius 1 is 0.667 bits per heavy atom. The minimum atomic E-state index is 0.528. The van der Waals surface area contributed by atoms with Gasteiger partial charge in [0.2, 0.25) is 0 Å². The van der Waals surface area contributed by atoms with Crippen LogP contribution in [0.4, 0.5) is 0 Å². The lowest BCUT2D eigenvalue weighted by Crippen LogP contribution is -2.30. The average Bonchev–Trinajstić information content (AvgIpc) is 2.77. The van der Waals surface area contributed by atoms with E-state index in [1.807, 2.05) is 24.3 Å². The van der Waals surface area contributed by atoms with Crippen molar-refractivity contribution in [3.05, 3.63) is 95.0 Å². The average molecular weight is 447 g/mol. The highest BCUT2D eigenvalue weighted by Gasteiger charge is 2.08. The Balaban J connectivity index is 0.000000300. The first-order valence-corrected chi connectivity index (χ1v) is 11.3. The number of hydrogen-bond donors (Lipinski definition) is 0. The van der Waals surface area contributed by atoms with Crippen molar-refractivity contribution in [1.82, 2.24) is 9.80 Å². The summed E-state index contributed by atoms with van der Waals surface area (Å²) in [5.74, 6) is 0. The molecule has 2 rings (SSSR count). The zero-order valence-electron chi connectivity index (χ0n) is 18.7. The molecule has 0 bridgehead atoms. The predicted octanol–water partition coefficient (Wildman–Crippen LogP) is 6.60. The smallest absolute Gasteiger partial charge is 0.0174 e. The summed E-state index contributed by atoms with van der Waals surface area (Å²) in [4.78, 5) is 4.57. The van der Waals surface area contributed by atoms with Crippen LogP contribution in [0.2, 0.25) is 0 Å². The van der Waals surface area contributed by atoms with E-state index in [1.54, 1.807) is 11.1 Å². The van der Waals surface area contributed by atoms with Gasteiger partial charge in [-0.25, -0.2) is 0 Å². The second kappa shape index (κ2) is 16.2. The molecular formula is C26H36Cl2N2. The molecule has 0 unspecified atom stereocenters. The van der Waals surface area contributed by atoms with Crippen LogP contribution < -0.4 is 0 Å². The van der Waals surface area contributed by atoms with Crippen LogP contribution in [-0.4, -0.2) is 49.1 Å². The molecule has 0 heterocycles. The molecule has 30 heavy (non-hydrogen) atoms. The van der Waals surface area contributed by atoms with Crippen LogP contribution in [0.25, 0.3) is 0 Å². The molecule has 4 heteroatoms. The first-order valence-electron chi connectivity index (χ1n) is 10.5. The molecule has 2 aromatic rings. The van der Waals surface area contributed by atoms with Gasteiger partial charge in [0, 0.05) is 36.2 Å². The van der Waals surface area contributed by atoms with Crippen molar-refractivity contribution >= 4 is 23.2 Å². The summed E-state index contributed by atoms with van der Waals surface area (Å²) >= 11 is 11.0. The van der Waals surface area contributed by atoms with Crippen LogP contribution in [0.1, 0.15) is 25.0 Å². The highest BCUT2D eigenvalue weighted by molar-refractivity contribution is 6.25. The molecule has 0 fully saturated rings. The first-order chi connectivity index (χ1) is 14.5. The van der Waals surface area contributed by atoms with Gasteiger partial charge in [-0.3, -0.25) is 9.80 Å². The Morgan fingerprint density at radius 3 is 1.30 bits per heavy atom. The molecule has 0 N–H and O–H groups in total. The molecule has 0 spiro atoms. The van der Waals surface area contributed by atoms with Crippen LogP contribution in [0.15, 0.2) is 83.9 Å². The Kier molecular flexibility index (Phi) is 14.2. The summed E-state index contributed by atoms with van der Waals surface area (Å²) in [6, 6.07) is 22.2. The molecule has 0 saturated carbocycles. The van der Waals surface area contributed by atoms with Gasteiger partial charge >= 0.3 is 0 Å². The Bertz CT molecular complexity index is 653. The molecule has 164 valence electrons. The van der Waals surface area contributed by atoms with Crippen molar-refractivity contribution in [2.75, 3.05) is 27.2 Å². The number of benzene rings is 2. The maximum Gasteiger partial charge on any atom is 0.0174 e. The van der Waals surface area contributed by atoms with Crippen molar-refractivity contribution in [2.24, 2.45) is 0 Å². The van der Waals surface area contributed by atoms with Crippen molar-refractivity contribution in [1.29, 1.82) is 0 Å². The van der Waals surface area contributed by atoms with Crippen LogP contribution >= 0.6 is 23.2 Å². The lowest BCUT2D eigenvalue weighted by Gasteiger charge is -2.23. The molecule has 2 aromatic carbocycles. The molecule has 0 radical (unpaired) electrons. The van der Waals surface area contributed by atoms with Crippen molar-refractivity contribution in [2.45, 2.75) is 38.8 Å². The second-order valence-electron chi connectivity index (χ2n) is 7.68. The van der Waals surface area contributed by atoms with Crippen molar-refractivity contribution in [3.63, 3.8) is 0 Å². The lowest BCUT2D eigenvalue weighted by molar-refractivity contribution is 0.283. The third kappa shape index (κ3) is 11.6. The molecule has 2 atom stereocenters. The summed E-state index contributed by atoms with van der Waals surface area (Å²) in [5.41, 5.74) is 5.91. The molecule has 0 amide bonds. The van der Waals surface area contributed by atoms with E-state index in [1.165, 1.54) is 11.1 Å². The van der Waals surface area contributed by atoms with Gasteiger partial charge in [0.25, 0.3) is 0 Å². The maximum absolute atomic E-state index is 5.50. The molecule has 0 aromatic heterocycles. The molecule has 0 aliphatic heterocycles. The molecule has 0 aliphatic rings. The Labute approximate surface area is 193 Å². The third-order valence-electron chi connectivity index (χ3n) is 5.22. The zero-order chi connectivity index (χ0) is 22.2. The second-order valence-corrected chi connectivity index (χ2v) is 8.18. The SMILES string of the molecule is C[C@@H](Cc1ccccc1)N(C)C/C=C/Cl.C[C@H](Cc1ccccc1)N(C)C/C=C/Cl. The van der Waals surface area contributed by atoms with Gasteiger partial charge in [0.15, 0.2) is 0 Å². The minimum Gasteiger partial charge on any atom is -0.300 e. The number of nitrogens with zero attached hydrogens (tertiary/aromatic N) is 2. The van der Waals surface area contributed by atoms with E-state index in [-0.39, 0.29) is 0 Å². The van der Waals surface area contributed by atoms with E-state index in [0.29, 0.717) is 12.1 Å². The van der Waals surface area contributed by atoms with E-state index >= 15 is 0 Å². The highest BCUT2D eigenvalue weighted by atomic mass is 35.5. The van der Waals surface area contributed by atoms with Gasteiger partial charge in [-0.05, 0) is 51.9 Å². The van der Waals surface area contributed by atoms with Gasteiger partial charge in [0.05, 0.1) is 0 Å². The van der Waals surface area contributed by atoms with E-state index in [4.69, 9.17) is 23.2 Å². The molecular weight excluding hydrogens is 411 g/mol. The van der Waals surface area contributed by atoms with E-state index < -0.39 is 0 Å². The maximum atomic E-state index is 5.50. The van der Waals surface area contributed by atoms with Gasteiger partial charge in [0.1, 0.15) is 0 Å². The van der Waals surface area contributed by atoms with Crippen LogP contribution in [0, 0.1) is 0 Å². The lowest BCUT2D eigenvalue weighted by atomic mass is 10.1. The topological polar surface area (TPSA) is 6.48 Å². The Morgan fingerprint density at radius 2 is 1.00 bits per heavy atom. The van der Waals surface area contributed by atoms with Crippen LogP contribution in [0.3, 0.4) is 0 Å². The summed E-state index contributed by atoms with van der Waals surface area (Å²) in [7, 11) is 4.23. The van der Waals surface area contributed by atoms with Crippen LogP contribution in [0.5, 0.6) is 0 Å². The monoisotopic (exact) mass is 446 g/mol. The highest BCUT2D eigenvalue weighted by Crippen LogP contribution is 2.08. The minimum absolute atomic E-state index is 0.528. The van der Waals surface area contributed by atoms with E-state index in [0.717, 1.165) is 25.9 Å². The fourth-order valence-corrected chi connectivity index (χ4v) is 3.15. The van der Waals surface area contributed by atoms with Crippen LogP contribution in [-0.2, 0) is 12.8 Å². The Hall–Kier alpha value is -1.58. The van der Waals surface area contributed by atoms with Crippen molar-refractivity contribution in [3.8, 4) is 0 Å². The van der Waals surface area contributed by atoms with E-state index in [2.05, 4.69) is 86.3 Å². The number of hydrogen-bond acceptors (Lipinski definition) is 2. The number of likely N-dealkylation sites (N-methyl/N-ethyl adjacent to an activating group) is 2. The third-order valence-corrected chi connectivity index (χ3v) is 5.57. The first kappa shape index (κ1) is 26.5. The van der Waals surface area contributed by atoms with Crippen molar-refractivity contribution < 1.29 is 0 Å². The van der Waals surface area contributed by atoms with Gasteiger partial charge in [-0.2, -0.15) is 0 Å². The quantitative estimate of drug-likeness (QED) is 0.405. The number of halogens is 2. The normalized spacial score (nSPS) is 13.6. The van der Waals surface area contributed by atoms with Gasteiger partial charge in [-0.15, -0.1) is 0 Å². The largest absolute Gasteiger partial charge is 0.300 e. The predicted molar refractivity (Wildman–Crippen MR) is 134 cm³/mol. The fraction of sp³-hybridized carbons (Fsp3) is 0.385. The zero-order valence-corrected chi connectivity index (χ0v) is 20.2. The van der Waals surface area contributed by atoms with Gasteiger partial charge in [-0.1, -0.05) is 96.0 Å². The van der Waals surface area contributed by atoms with E-state index in [9.17, 15) is 0 Å². The number of rotatable bonds is 10.